The average Bonchev–Trinajstić information content (AvgIpc) is 3.10. The summed E-state index contributed by atoms with van der Waals surface area (Å²) in [4.78, 5) is 33.8. The van der Waals surface area contributed by atoms with Gasteiger partial charge in [-0.3, -0.25) is 18.6 Å². The van der Waals surface area contributed by atoms with E-state index in [0.717, 1.165) is 38.5 Å². The van der Waals surface area contributed by atoms with Gasteiger partial charge in [0.2, 0.25) is 5.91 Å². The lowest BCUT2D eigenvalue weighted by Gasteiger charge is -2.15. The molecule has 0 fully saturated rings. The summed E-state index contributed by atoms with van der Waals surface area (Å²) in [5.74, 6) is -0.515. The van der Waals surface area contributed by atoms with Crippen LogP contribution >= 0.6 is 7.82 Å². The van der Waals surface area contributed by atoms with Crippen molar-refractivity contribution in [2.45, 2.75) is 206 Å². The summed E-state index contributed by atoms with van der Waals surface area (Å²) in [6.07, 6.45) is 37.1. The van der Waals surface area contributed by atoms with E-state index in [-0.39, 0.29) is 32.1 Å². The lowest BCUT2D eigenvalue weighted by molar-refractivity contribution is -0.147. The molecular formula is C40H78NO8P. The van der Waals surface area contributed by atoms with Crippen LogP contribution in [0.5, 0.6) is 0 Å². The number of esters is 1. The smallest absolute Gasteiger partial charge is 0.463 e. The highest BCUT2D eigenvalue weighted by molar-refractivity contribution is 7.47. The van der Waals surface area contributed by atoms with Gasteiger partial charge in [-0.1, -0.05) is 161 Å². The largest absolute Gasteiger partial charge is 0.472 e. The minimum Gasteiger partial charge on any atom is -0.463 e. The molecule has 0 aromatic rings. The van der Waals surface area contributed by atoms with Crippen LogP contribution in [0.15, 0.2) is 12.2 Å². The molecule has 0 saturated heterocycles. The van der Waals surface area contributed by atoms with Crippen LogP contribution in [-0.2, 0) is 27.9 Å². The van der Waals surface area contributed by atoms with Gasteiger partial charge in [-0.2, -0.15) is 0 Å². The first-order valence-corrected chi connectivity index (χ1v) is 22.2. The SMILES string of the molecule is CCCCCCCC/C=C\CCCCCCCCCC(=O)NCCOP(=O)(O)OCC(O)COC(=O)CCCCCCCCCCCCCC. The zero-order valence-corrected chi connectivity index (χ0v) is 33.3. The molecule has 0 spiro atoms. The highest BCUT2D eigenvalue weighted by Gasteiger charge is 2.23. The molecule has 0 aromatic carbocycles. The summed E-state index contributed by atoms with van der Waals surface area (Å²) >= 11 is 0. The van der Waals surface area contributed by atoms with Gasteiger partial charge in [0.25, 0.3) is 0 Å². The van der Waals surface area contributed by atoms with E-state index < -0.39 is 26.5 Å². The van der Waals surface area contributed by atoms with Gasteiger partial charge in [-0.05, 0) is 38.5 Å². The molecule has 0 aliphatic carbocycles. The zero-order valence-electron chi connectivity index (χ0n) is 32.4. The Morgan fingerprint density at radius 2 is 1.02 bits per heavy atom. The number of rotatable bonds is 39. The monoisotopic (exact) mass is 732 g/mol. The Balaban J connectivity index is 3.59. The molecular weight excluding hydrogens is 653 g/mol. The Bertz CT molecular complexity index is 840. The highest BCUT2D eigenvalue weighted by Crippen LogP contribution is 2.42. The summed E-state index contributed by atoms with van der Waals surface area (Å²) < 4.78 is 26.8. The Morgan fingerprint density at radius 3 is 1.50 bits per heavy atom. The normalized spacial score (nSPS) is 13.4. The van der Waals surface area contributed by atoms with Gasteiger partial charge in [-0.15, -0.1) is 0 Å². The Hall–Kier alpha value is -1.25. The first kappa shape index (κ1) is 48.8. The number of hydrogen-bond donors (Lipinski definition) is 3. The third-order valence-corrected chi connectivity index (χ3v) is 9.93. The average molecular weight is 732 g/mol. The van der Waals surface area contributed by atoms with Crippen molar-refractivity contribution in [2.24, 2.45) is 0 Å². The van der Waals surface area contributed by atoms with Gasteiger partial charge in [-0.25, -0.2) is 4.57 Å². The Labute approximate surface area is 307 Å². The molecule has 10 heteroatoms. The second-order valence-electron chi connectivity index (χ2n) is 14.0. The van der Waals surface area contributed by atoms with Crippen LogP contribution in [0.4, 0.5) is 0 Å². The zero-order chi connectivity index (χ0) is 36.8. The number of unbranched alkanes of at least 4 members (excludes halogenated alkanes) is 24. The predicted molar refractivity (Wildman–Crippen MR) is 206 cm³/mol. The van der Waals surface area contributed by atoms with Crippen molar-refractivity contribution < 1.29 is 37.9 Å². The molecule has 3 N–H and O–H groups in total. The maximum absolute atomic E-state index is 12.1. The molecule has 0 rings (SSSR count). The number of carbonyl (C=O) groups is 2. The molecule has 296 valence electrons. The molecule has 0 bridgehead atoms. The maximum atomic E-state index is 12.1. The molecule has 1 amide bonds. The predicted octanol–water partition coefficient (Wildman–Crippen LogP) is 11.0. The lowest BCUT2D eigenvalue weighted by Crippen LogP contribution is -2.27. The van der Waals surface area contributed by atoms with E-state index in [4.69, 9.17) is 13.8 Å². The molecule has 9 nitrogen and oxygen atoms in total. The van der Waals surface area contributed by atoms with Crippen molar-refractivity contribution in [1.29, 1.82) is 0 Å². The number of allylic oxidation sites excluding steroid dienone is 2. The fourth-order valence-electron chi connectivity index (χ4n) is 5.79. The van der Waals surface area contributed by atoms with Gasteiger partial charge in [0.05, 0.1) is 13.2 Å². The number of aliphatic hydroxyl groups is 1. The highest BCUT2D eigenvalue weighted by atomic mass is 31.2. The summed E-state index contributed by atoms with van der Waals surface area (Å²) in [6, 6.07) is 0. The number of nitrogens with one attached hydrogen (secondary N) is 1. The summed E-state index contributed by atoms with van der Waals surface area (Å²) in [5, 5.41) is 12.7. The van der Waals surface area contributed by atoms with Crippen molar-refractivity contribution in [1.82, 2.24) is 5.32 Å². The third kappa shape index (κ3) is 38.0. The Morgan fingerprint density at radius 1 is 0.600 bits per heavy atom. The second-order valence-corrected chi connectivity index (χ2v) is 15.4. The van der Waals surface area contributed by atoms with E-state index >= 15 is 0 Å². The van der Waals surface area contributed by atoms with Gasteiger partial charge in [0.1, 0.15) is 12.7 Å². The molecule has 50 heavy (non-hydrogen) atoms. The van der Waals surface area contributed by atoms with Crippen LogP contribution in [0.1, 0.15) is 200 Å². The van der Waals surface area contributed by atoms with Crippen molar-refractivity contribution in [3.05, 3.63) is 12.2 Å². The molecule has 0 aromatic heterocycles. The lowest BCUT2D eigenvalue weighted by atomic mass is 10.0. The third-order valence-electron chi connectivity index (χ3n) is 8.95. The number of phosphoric acid groups is 1. The second kappa shape index (κ2) is 37.5. The standard InChI is InChI=1S/C40H78NO8P/c1-3-5-7-9-11-13-15-17-18-19-20-21-22-24-26-28-30-32-39(43)41-34-35-48-50(45,46)49-37-38(42)36-47-40(44)33-31-29-27-25-23-16-14-12-10-8-6-4-2/h17-18,38,42H,3-16,19-37H2,1-2H3,(H,41,43)(H,45,46)/b18-17-. The fourth-order valence-corrected chi connectivity index (χ4v) is 6.54. The van der Waals surface area contributed by atoms with Gasteiger partial charge < -0.3 is 20.1 Å². The molecule has 2 atom stereocenters. The minimum atomic E-state index is -4.41. The molecule has 0 radical (unpaired) electrons. The van der Waals surface area contributed by atoms with E-state index in [1.165, 1.54) is 135 Å². The van der Waals surface area contributed by atoms with Crippen LogP contribution in [-0.4, -0.2) is 54.3 Å². The van der Waals surface area contributed by atoms with Crippen LogP contribution in [0.2, 0.25) is 0 Å². The van der Waals surface area contributed by atoms with E-state index in [0.29, 0.717) is 6.42 Å². The van der Waals surface area contributed by atoms with Crippen LogP contribution < -0.4 is 5.32 Å². The molecule has 0 heterocycles. The van der Waals surface area contributed by atoms with E-state index in [2.05, 4.69) is 31.3 Å². The van der Waals surface area contributed by atoms with Crippen molar-refractivity contribution in [3.8, 4) is 0 Å². The Kier molecular flexibility index (Phi) is 36.6. The van der Waals surface area contributed by atoms with Gasteiger partial charge in [0.15, 0.2) is 0 Å². The van der Waals surface area contributed by atoms with E-state index in [1.807, 2.05) is 0 Å². The van der Waals surface area contributed by atoms with Gasteiger partial charge in [0, 0.05) is 19.4 Å². The topological polar surface area (TPSA) is 131 Å². The van der Waals surface area contributed by atoms with Crippen molar-refractivity contribution in [3.63, 3.8) is 0 Å². The van der Waals surface area contributed by atoms with Crippen LogP contribution in [0.3, 0.4) is 0 Å². The first-order valence-electron chi connectivity index (χ1n) is 20.7. The number of ether oxygens (including phenoxy) is 1. The van der Waals surface area contributed by atoms with Crippen molar-refractivity contribution in [2.75, 3.05) is 26.4 Å². The number of phosphoric ester groups is 1. The van der Waals surface area contributed by atoms with Crippen molar-refractivity contribution >= 4 is 19.7 Å². The van der Waals surface area contributed by atoms with E-state index in [9.17, 15) is 24.2 Å². The fraction of sp³-hybridized carbons (Fsp3) is 0.900. The molecule has 0 saturated carbocycles. The molecule has 0 aliphatic rings. The number of carbonyl (C=O) groups excluding carboxylic acids is 2. The van der Waals surface area contributed by atoms with Crippen LogP contribution in [0, 0.1) is 0 Å². The maximum Gasteiger partial charge on any atom is 0.472 e. The summed E-state index contributed by atoms with van der Waals surface area (Å²) in [6.45, 7) is 3.55. The van der Waals surface area contributed by atoms with Crippen LogP contribution in [0.25, 0.3) is 0 Å². The quantitative estimate of drug-likeness (QED) is 0.0246. The molecule has 0 aliphatic heterocycles. The number of hydrogen-bond acceptors (Lipinski definition) is 7. The number of amides is 1. The summed E-state index contributed by atoms with van der Waals surface area (Å²) in [7, 11) is -4.41. The van der Waals surface area contributed by atoms with Gasteiger partial charge >= 0.3 is 13.8 Å². The van der Waals surface area contributed by atoms with E-state index in [1.54, 1.807) is 0 Å². The first-order chi connectivity index (χ1) is 24.3. The molecule has 2 unspecified atom stereocenters. The summed E-state index contributed by atoms with van der Waals surface area (Å²) in [5.41, 5.74) is 0. The number of aliphatic hydroxyl groups excluding tert-OH is 1. The minimum absolute atomic E-state index is 0.0828.